The number of nitrogens with zero attached hydrogens (tertiary/aromatic N) is 9. The van der Waals surface area contributed by atoms with Crippen molar-refractivity contribution in [1.82, 2.24) is 50.3 Å². The molecule has 4 aromatic heterocycles. The second-order valence-corrected chi connectivity index (χ2v) is 17.1. The Balaban J connectivity index is 0.655. The van der Waals surface area contributed by atoms with E-state index < -0.39 is 6.04 Å². The third kappa shape index (κ3) is 7.59. The Morgan fingerprint density at radius 2 is 1.77 bits per heavy atom. The van der Waals surface area contributed by atoms with Crippen molar-refractivity contribution in [3.8, 4) is 22.6 Å². The Bertz CT molecular complexity index is 2480. The number of carbonyl (C=O) groups is 4. The highest BCUT2D eigenvalue weighted by molar-refractivity contribution is 6.05. The summed E-state index contributed by atoms with van der Waals surface area (Å²) in [7, 11) is 0. The van der Waals surface area contributed by atoms with Crippen LogP contribution in [0.3, 0.4) is 0 Å². The first kappa shape index (κ1) is 38.9. The highest BCUT2D eigenvalue weighted by Gasteiger charge is 2.41. The number of benzene rings is 1. The quantitative estimate of drug-likeness (QED) is 0.106. The molecule has 1 unspecified atom stereocenters. The lowest BCUT2D eigenvalue weighted by atomic mass is 9.79. The maximum atomic E-state index is 13.1. The summed E-state index contributed by atoms with van der Waals surface area (Å²) in [4.78, 5) is 70.2. The average Bonchev–Trinajstić information content (AvgIpc) is 3.76. The second kappa shape index (κ2) is 16.3. The molecule has 17 heteroatoms. The van der Waals surface area contributed by atoms with Crippen LogP contribution in [0.15, 0.2) is 53.4 Å². The van der Waals surface area contributed by atoms with Crippen molar-refractivity contribution in [2.24, 2.45) is 5.92 Å². The number of amides is 4. The minimum absolute atomic E-state index is 0.00632. The van der Waals surface area contributed by atoms with Crippen LogP contribution in [-0.4, -0.2) is 109 Å². The van der Waals surface area contributed by atoms with Gasteiger partial charge in [0, 0.05) is 75.0 Å². The van der Waals surface area contributed by atoms with Crippen LogP contribution in [0.1, 0.15) is 97.8 Å². The SMILES string of the molecule is Nc1ncnc2c1c(-c1noc(C3CC3)c1-c1ccccn1)nn2C1CC(C(=O)NCCCCCCN2CCN(c3ccc4c(c3)CN(C3CCC(=O)NC3=O)C4=O)CC2)C1. The van der Waals surface area contributed by atoms with E-state index in [0.717, 1.165) is 99.5 Å². The van der Waals surface area contributed by atoms with E-state index in [9.17, 15) is 19.2 Å². The maximum absolute atomic E-state index is 13.1. The second-order valence-electron chi connectivity index (χ2n) is 17.1. The first-order valence-corrected chi connectivity index (χ1v) is 21.7. The van der Waals surface area contributed by atoms with Crippen LogP contribution in [0.4, 0.5) is 11.5 Å². The number of pyridine rings is 1. The van der Waals surface area contributed by atoms with Gasteiger partial charge >= 0.3 is 0 Å². The smallest absolute Gasteiger partial charge is 0.255 e. The largest absolute Gasteiger partial charge is 0.383 e. The number of piperidine rings is 1. The molecule has 10 rings (SSSR count). The molecule has 4 N–H and O–H groups in total. The molecule has 17 nitrogen and oxygen atoms in total. The molecular weight excluding hydrogens is 777 g/mol. The van der Waals surface area contributed by atoms with Crippen LogP contribution in [0.5, 0.6) is 0 Å². The molecule has 1 aromatic carbocycles. The van der Waals surface area contributed by atoms with Crippen molar-refractivity contribution >= 4 is 46.2 Å². The fourth-order valence-electron chi connectivity index (χ4n) is 9.42. The minimum atomic E-state index is -0.603. The molecule has 1 atom stereocenters. The third-order valence-electron chi connectivity index (χ3n) is 13.1. The maximum Gasteiger partial charge on any atom is 0.255 e. The van der Waals surface area contributed by atoms with Crippen molar-refractivity contribution in [3.63, 3.8) is 0 Å². The Labute approximate surface area is 352 Å². The van der Waals surface area contributed by atoms with Gasteiger partial charge < -0.3 is 25.4 Å². The lowest BCUT2D eigenvalue weighted by Crippen LogP contribution is -2.52. The van der Waals surface area contributed by atoms with E-state index in [1.165, 1.54) is 6.33 Å². The number of rotatable bonds is 14. The standard InChI is InChI=1S/C44H50N12O5/c45-40-36-37(38-35(32-7-3-5-14-46-32)39(61-52-38)26-8-9-26)51-56(41(36)49-25-48-40)30-21-27(22-30)42(58)47-15-4-1-2-6-16-53-17-19-54(20-18-53)29-10-11-31-28(23-29)24-55(44(31)60)33-12-13-34(57)50-43(33)59/h3,5,7,10-11,14,23,25-27,30,33H,1-2,4,6,8-9,12-13,15-22,24H2,(H,47,58)(H2,45,48,49)(H,50,57,59). The molecule has 5 aromatic rings. The molecule has 3 aliphatic heterocycles. The van der Waals surface area contributed by atoms with Crippen LogP contribution in [-0.2, 0) is 20.9 Å². The van der Waals surface area contributed by atoms with Crippen molar-refractivity contribution < 1.29 is 23.7 Å². The molecule has 316 valence electrons. The van der Waals surface area contributed by atoms with Gasteiger partial charge in [0.1, 0.15) is 35.3 Å². The van der Waals surface area contributed by atoms with E-state index >= 15 is 0 Å². The minimum Gasteiger partial charge on any atom is -0.383 e. The van der Waals surface area contributed by atoms with Crippen molar-refractivity contribution in [2.45, 2.75) is 88.8 Å². The number of hydrogen-bond donors (Lipinski definition) is 3. The zero-order valence-corrected chi connectivity index (χ0v) is 34.1. The zero-order valence-electron chi connectivity index (χ0n) is 34.1. The number of unbranched alkanes of at least 4 members (excludes halogenated alkanes) is 3. The van der Waals surface area contributed by atoms with Gasteiger partial charge in [0.05, 0.1) is 22.7 Å². The summed E-state index contributed by atoms with van der Waals surface area (Å²) in [6.45, 7) is 5.87. The molecule has 0 spiro atoms. The number of nitrogens with two attached hydrogens (primary N) is 1. The van der Waals surface area contributed by atoms with Crippen LogP contribution < -0.4 is 21.3 Å². The number of nitrogen functional groups attached to an aromatic ring is 1. The Hall–Kier alpha value is -6.23. The Kier molecular flexibility index (Phi) is 10.4. The van der Waals surface area contributed by atoms with Gasteiger partial charge in [0.2, 0.25) is 17.7 Å². The fraction of sp³-hybridized carbons (Fsp3) is 0.477. The summed E-state index contributed by atoms with van der Waals surface area (Å²) in [5.41, 5.74) is 12.5. The highest BCUT2D eigenvalue weighted by Crippen LogP contribution is 2.49. The number of piperazine rings is 1. The third-order valence-corrected chi connectivity index (χ3v) is 13.1. The molecule has 0 bridgehead atoms. The predicted octanol–water partition coefficient (Wildman–Crippen LogP) is 4.21. The molecule has 4 fully saturated rings. The Morgan fingerprint density at radius 3 is 2.56 bits per heavy atom. The van der Waals surface area contributed by atoms with E-state index in [2.05, 4.69) is 46.6 Å². The first-order valence-electron chi connectivity index (χ1n) is 21.7. The summed E-state index contributed by atoms with van der Waals surface area (Å²) in [5, 5.41) is 15.7. The van der Waals surface area contributed by atoms with E-state index in [0.29, 0.717) is 72.1 Å². The van der Waals surface area contributed by atoms with Gasteiger partial charge in [-0.15, -0.1) is 0 Å². The molecule has 61 heavy (non-hydrogen) atoms. The van der Waals surface area contributed by atoms with Gasteiger partial charge in [-0.1, -0.05) is 24.1 Å². The van der Waals surface area contributed by atoms with E-state index in [1.54, 1.807) is 11.1 Å². The Morgan fingerprint density at radius 1 is 0.934 bits per heavy atom. The van der Waals surface area contributed by atoms with Gasteiger partial charge in [0.25, 0.3) is 5.91 Å². The monoisotopic (exact) mass is 826 g/mol. The number of imide groups is 1. The lowest BCUT2D eigenvalue weighted by Gasteiger charge is -2.36. The topological polar surface area (TPSA) is 211 Å². The van der Waals surface area contributed by atoms with Gasteiger partial charge in [-0.2, -0.15) is 5.10 Å². The van der Waals surface area contributed by atoms with E-state index in [4.69, 9.17) is 15.4 Å². The zero-order chi connectivity index (χ0) is 41.6. The van der Waals surface area contributed by atoms with Crippen molar-refractivity contribution in [1.29, 1.82) is 0 Å². The molecule has 5 aliphatic rings. The number of fused-ring (bicyclic) bond motifs is 2. The van der Waals surface area contributed by atoms with Crippen LogP contribution in [0.2, 0.25) is 0 Å². The van der Waals surface area contributed by atoms with Crippen LogP contribution in [0, 0.1) is 5.92 Å². The van der Waals surface area contributed by atoms with Gasteiger partial charge in [-0.25, -0.2) is 14.6 Å². The van der Waals surface area contributed by atoms with Crippen molar-refractivity contribution in [2.75, 3.05) is 49.9 Å². The van der Waals surface area contributed by atoms with Gasteiger partial charge in [0.15, 0.2) is 5.65 Å². The number of anilines is 2. The average molecular weight is 827 g/mol. The molecular formula is C44H50N12O5. The van der Waals surface area contributed by atoms with Gasteiger partial charge in [-0.3, -0.25) is 34.4 Å². The summed E-state index contributed by atoms with van der Waals surface area (Å²) in [6, 6.07) is 11.1. The first-order chi connectivity index (χ1) is 29.8. The number of carbonyl (C=O) groups excluding carboxylic acids is 4. The number of aromatic nitrogens is 6. The summed E-state index contributed by atoms with van der Waals surface area (Å²) in [6.07, 6.45) is 11.5. The van der Waals surface area contributed by atoms with Crippen molar-refractivity contribution in [3.05, 3.63) is 65.8 Å². The number of hydrogen-bond acceptors (Lipinski definition) is 13. The van der Waals surface area contributed by atoms with E-state index in [1.807, 2.05) is 35.0 Å². The van der Waals surface area contributed by atoms with E-state index in [-0.39, 0.29) is 42.0 Å². The van der Waals surface area contributed by atoms with Crippen LogP contribution in [0.25, 0.3) is 33.7 Å². The van der Waals surface area contributed by atoms with Crippen LogP contribution >= 0.6 is 0 Å². The summed E-state index contributed by atoms with van der Waals surface area (Å²) < 4.78 is 7.81. The predicted molar refractivity (Wildman–Crippen MR) is 225 cm³/mol. The molecule has 2 saturated heterocycles. The van der Waals surface area contributed by atoms with Gasteiger partial charge in [-0.05, 0) is 87.4 Å². The molecule has 7 heterocycles. The molecule has 2 saturated carbocycles. The molecule has 0 radical (unpaired) electrons. The molecule has 2 aliphatic carbocycles. The number of nitrogens with one attached hydrogen (secondary N) is 2. The normalized spacial score (nSPS) is 21.8. The molecule has 4 amide bonds. The summed E-state index contributed by atoms with van der Waals surface area (Å²) >= 11 is 0. The fourth-order valence-corrected chi connectivity index (χ4v) is 9.42. The summed E-state index contributed by atoms with van der Waals surface area (Å²) in [5.74, 6) is 0.636. The highest BCUT2D eigenvalue weighted by atomic mass is 16.5. The lowest BCUT2D eigenvalue weighted by molar-refractivity contribution is -0.137.